The van der Waals surface area contributed by atoms with E-state index in [1.165, 1.54) is 51.7 Å². The normalized spacial score (nSPS) is 35.2. The highest BCUT2D eigenvalue weighted by Gasteiger charge is 2.26. The predicted molar refractivity (Wildman–Crippen MR) is 80.5 cm³/mol. The summed E-state index contributed by atoms with van der Waals surface area (Å²) in [6, 6.07) is 1.38. The van der Waals surface area contributed by atoms with Crippen molar-refractivity contribution < 1.29 is 4.74 Å². The molecule has 2 fully saturated rings. The standard InChI is InChI=1S/C16H32N2O/c1-4-13(2)16-12-18(14(3)7-9-17-16)10-8-15-6-5-11-19-15/h13-17H,4-12H2,1-3H3. The molecule has 0 radical (unpaired) electrons. The van der Waals surface area contributed by atoms with Gasteiger partial charge in [0.2, 0.25) is 0 Å². The molecule has 3 heteroatoms. The lowest BCUT2D eigenvalue weighted by Gasteiger charge is -2.31. The maximum atomic E-state index is 5.76. The van der Waals surface area contributed by atoms with Crippen LogP contribution in [0.15, 0.2) is 0 Å². The third kappa shape index (κ3) is 4.44. The molecular weight excluding hydrogens is 236 g/mol. The van der Waals surface area contributed by atoms with Crippen LogP contribution in [0.5, 0.6) is 0 Å². The van der Waals surface area contributed by atoms with Gasteiger partial charge in [-0.1, -0.05) is 20.3 Å². The first kappa shape index (κ1) is 15.3. The third-order valence-electron chi connectivity index (χ3n) is 5.12. The summed E-state index contributed by atoms with van der Waals surface area (Å²) in [5, 5.41) is 3.75. The van der Waals surface area contributed by atoms with E-state index in [0.717, 1.165) is 12.5 Å². The van der Waals surface area contributed by atoms with Gasteiger partial charge in [0.15, 0.2) is 0 Å². The topological polar surface area (TPSA) is 24.5 Å². The van der Waals surface area contributed by atoms with E-state index in [2.05, 4.69) is 31.0 Å². The summed E-state index contributed by atoms with van der Waals surface area (Å²) in [7, 11) is 0. The van der Waals surface area contributed by atoms with Crippen molar-refractivity contribution >= 4 is 0 Å². The second-order valence-electron chi connectivity index (χ2n) is 6.50. The minimum Gasteiger partial charge on any atom is -0.378 e. The second-order valence-corrected chi connectivity index (χ2v) is 6.50. The van der Waals surface area contributed by atoms with Gasteiger partial charge in [-0.2, -0.15) is 0 Å². The molecule has 0 bridgehead atoms. The lowest BCUT2D eigenvalue weighted by Crippen LogP contribution is -2.44. The molecular formula is C16H32N2O. The second kappa shape index (κ2) is 7.61. The molecule has 2 heterocycles. The van der Waals surface area contributed by atoms with Gasteiger partial charge in [-0.05, 0) is 45.1 Å². The van der Waals surface area contributed by atoms with E-state index in [1.807, 2.05) is 0 Å². The van der Waals surface area contributed by atoms with Gasteiger partial charge in [0.25, 0.3) is 0 Å². The Kier molecular flexibility index (Phi) is 6.11. The number of hydrogen-bond donors (Lipinski definition) is 1. The SMILES string of the molecule is CCC(C)C1CN(CCC2CCCO2)C(C)CCN1. The molecule has 3 nitrogen and oxygen atoms in total. The predicted octanol–water partition coefficient (Wildman–Crippen LogP) is 2.65. The van der Waals surface area contributed by atoms with Crippen molar-refractivity contribution in [1.29, 1.82) is 0 Å². The average Bonchev–Trinajstić information content (AvgIpc) is 2.86. The van der Waals surface area contributed by atoms with Crippen LogP contribution in [0.4, 0.5) is 0 Å². The fourth-order valence-electron chi connectivity index (χ4n) is 3.32. The maximum Gasteiger partial charge on any atom is 0.0588 e. The highest BCUT2D eigenvalue weighted by atomic mass is 16.5. The molecule has 0 aromatic heterocycles. The zero-order valence-electron chi connectivity index (χ0n) is 13.0. The van der Waals surface area contributed by atoms with Gasteiger partial charge < -0.3 is 10.1 Å². The molecule has 0 aromatic carbocycles. The maximum absolute atomic E-state index is 5.76. The molecule has 2 rings (SSSR count). The van der Waals surface area contributed by atoms with Crippen molar-refractivity contribution in [2.45, 2.75) is 71.1 Å². The lowest BCUT2D eigenvalue weighted by molar-refractivity contribution is 0.0837. The number of nitrogens with one attached hydrogen (secondary N) is 1. The van der Waals surface area contributed by atoms with Gasteiger partial charge in [-0.3, -0.25) is 4.90 Å². The third-order valence-corrected chi connectivity index (χ3v) is 5.12. The zero-order valence-corrected chi connectivity index (χ0v) is 13.0. The highest BCUT2D eigenvalue weighted by molar-refractivity contribution is 4.84. The minimum atomic E-state index is 0.533. The van der Waals surface area contributed by atoms with Crippen molar-refractivity contribution in [3.63, 3.8) is 0 Å². The monoisotopic (exact) mass is 268 g/mol. The van der Waals surface area contributed by atoms with Gasteiger partial charge in [-0.25, -0.2) is 0 Å². The molecule has 1 N–H and O–H groups in total. The van der Waals surface area contributed by atoms with Crippen LogP contribution in [0.25, 0.3) is 0 Å². The first-order valence-corrected chi connectivity index (χ1v) is 8.29. The number of ether oxygens (including phenoxy) is 1. The van der Waals surface area contributed by atoms with E-state index in [9.17, 15) is 0 Å². The summed E-state index contributed by atoms with van der Waals surface area (Å²) in [6.07, 6.45) is 6.83. The summed E-state index contributed by atoms with van der Waals surface area (Å²) in [4.78, 5) is 2.69. The van der Waals surface area contributed by atoms with Crippen molar-refractivity contribution in [2.75, 3.05) is 26.2 Å². The summed E-state index contributed by atoms with van der Waals surface area (Å²) in [5.41, 5.74) is 0. The van der Waals surface area contributed by atoms with Gasteiger partial charge in [0.1, 0.15) is 0 Å². The first-order chi connectivity index (χ1) is 9.20. The highest BCUT2D eigenvalue weighted by Crippen LogP contribution is 2.19. The van der Waals surface area contributed by atoms with Gasteiger partial charge in [0.05, 0.1) is 6.10 Å². The fourth-order valence-corrected chi connectivity index (χ4v) is 3.32. The van der Waals surface area contributed by atoms with Crippen molar-refractivity contribution in [3.8, 4) is 0 Å². The van der Waals surface area contributed by atoms with Crippen molar-refractivity contribution in [2.24, 2.45) is 5.92 Å². The molecule has 19 heavy (non-hydrogen) atoms. The molecule has 0 saturated carbocycles. The largest absolute Gasteiger partial charge is 0.378 e. The molecule has 4 unspecified atom stereocenters. The van der Waals surface area contributed by atoms with Crippen LogP contribution >= 0.6 is 0 Å². The van der Waals surface area contributed by atoms with E-state index < -0.39 is 0 Å². The summed E-state index contributed by atoms with van der Waals surface area (Å²) < 4.78 is 5.76. The van der Waals surface area contributed by atoms with Crippen molar-refractivity contribution in [3.05, 3.63) is 0 Å². The average molecular weight is 268 g/mol. The molecule has 0 aliphatic carbocycles. The number of rotatable bonds is 5. The van der Waals surface area contributed by atoms with E-state index in [0.29, 0.717) is 18.2 Å². The van der Waals surface area contributed by atoms with Crippen LogP contribution in [-0.2, 0) is 4.74 Å². The Hall–Kier alpha value is -0.120. The van der Waals surface area contributed by atoms with Crippen LogP contribution in [0.1, 0.15) is 52.9 Å². The van der Waals surface area contributed by atoms with Crippen LogP contribution in [-0.4, -0.2) is 49.3 Å². The van der Waals surface area contributed by atoms with Crippen LogP contribution in [0, 0.1) is 5.92 Å². The van der Waals surface area contributed by atoms with Crippen LogP contribution in [0.2, 0.25) is 0 Å². The molecule has 112 valence electrons. The summed E-state index contributed by atoms with van der Waals surface area (Å²) in [5.74, 6) is 0.774. The first-order valence-electron chi connectivity index (χ1n) is 8.29. The van der Waals surface area contributed by atoms with E-state index >= 15 is 0 Å². The Morgan fingerprint density at radius 2 is 2.21 bits per heavy atom. The molecule has 2 aliphatic rings. The smallest absolute Gasteiger partial charge is 0.0588 e. The van der Waals surface area contributed by atoms with Crippen molar-refractivity contribution in [1.82, 2.24) is 10.2 Å². The summed E-state index contributed by atoms with van der Waals surface area (Å²) >= 11 is 0. The Bertz CT molecular complexity index is 253. The van der Waals surface area contributed by atoms with Gasteiger partial charge in [-0.15, -0.1) is 0 Å². The molecule has 2 saturated heterocycles. The Labute approximate surface area is 119 Å². The Morgan fingerprint density at radius 3 is 2.89 bits per heavy atom. The molecule has 0 amide bonds. The summed E-state index contributed by atoms with van der Waals surface area (Å²) in [6.45, 7) is 11.6. The molecule has 2 aliphatic heterocycles. The number of nitrogens with zero attached hydrogens (tertiary/aromatic N) is 1. The van der Waals surface area contributed by atoms with Gasteiger partial charge >= 0.3 is 0 Å². The zero-order chi connectivity index (χ0) is 13.7. The quantitative estimate of drug-likeness (QED) is 0.829. The van der Waals surface area contributed by atoms with Crippen LogP contribution in [0.3, 0.4) is 0 Å². The lowest BCUT2D eigenvalue weighted by atomic mass is 9.98. The Morgan fingerprint density at radius 1 is 1.37 bits per heavy atom. The van der Waals surface area contributed by atoms with E-state index in [4.69, 9.17) is 4.74 Å². The molecule has 4 atom stereocenters. The van der Waals surface area contributed by atoms with E-state index in [-0.39, 0.29) is 0 Å². The molecule has 0 aromatic rings. The molecule has 0 spiro atoms. The minimum absolute atomic E-state index is 0.533. The fraction of sp³-hybridized carbons (Fsp3) is 1.00. The Balaban J connectivity index is 1.83. The van der Waals surface area contributed by atoms with Crippen LogP contribution < -0.4 is 5.32 Å². The number of hydrogen-bond acceptors (Lipinski definition) is 3. The van der Waals surface area contributed by atoms with Gasteiger partial charge in [0, 0.05) is 31.8 Å². The van der Waals surface area contributed by atoms with E-state index in [1.54, 1.807) is 0 Å².